The monoisotopic (exact) mass is 327 g/mol. The van der Waals surface area contributed by atoms with Crippen molar-refractivity contribution < 1.29 is 9.53 Å². The molecule has 0 saturated carbocycles. The lowest BCUT2D eigenvalue weighted by Crippen LogP contribution is -2.30. The molecule has 0 atom stereocenters. The molecule has 0 saturated heterocycles. The number of nitrogens with zero attached hydrogens (tertiary/aromatic N) is 1. The van der Waals surface area contributed by atoms with Gasteiger partial charge in [-0.1, -0.05) is 23.2 Å². The van der Waals surface area contributed by atoms with Crippen LogP contribution in [0.1, 0.15) is 11.5 Å². The van der Waals surface area contributed by atoms with Crippen molar-refractivity contribution in [2.75, 3.05) is 13.2 Å². The van der Waals surface area contributed by atoms with E-state index in [0.717, 1.165) is 11.5 Å². The predicted octanol–water partition coefficient (Wildman–Crippen LogP) is 2.76. The van der Waals surface area contributed by atoms with E-state index in [2.05, 4.69) is 15.3 Å². The third kappa shape index (κ3) is 4.95. The number of aryl methyl sites for hydroxylation is 1. The highest BCUT2D eigenvalue weighted by molar-refractivity contribution is 6.35. The number of nitrogens with one attached hydrogen (secondary N) is 2. The van der Waals surface area contributed by atoms with Gasteiger partial charge in [-0.2, -0.15) is 0 Å². The number of imidazole rings is 1. The molecule has 1 amide bonds. The summed E-state index contributed by atoms with van der Waals surface area (Å²) in [6.07, 6.45) is 2.44. The lowest BCUT2D eigenvalue weighted by molar-refractivity contribution is -0.123. The van der Waals surface area contributed by atoms with Crippen molar-refractivity contribution in [2.45, 2.75) is 13.3 Å². The zero-order chi connectivity index (χ0) is 15.2. The van der Waals surface area contributed by atoms with Crippen LogP contribution in [0.4, 0.5) is 0 Å². The van der Waals surface area contributed by atoms with Crippen molar-refractivity contribution >= 4 is 29.1 Å². The third-order valence-corrected chi connectivity index (χ3v) is 3.26. The second-order valence-corrected chi connectivity index (χ2v) is 5.30. The molecule has 5 nitrogen and oxygen atoms in total. The van der Waals surface area contributed by atoms with Crippen molar-refractivity contribution in [3.05, 3.63) is 46.0 Å². The second kappa shape index (κ2) is 7.33. The second-order valence-electron chi connectivity index (χ2n) is 4.46. The molecule has 2 aromatic rings. The van der Waals surface area contributed by atoms with Gasteiger partial charge in [0.1, 0.15) is 11.6 Å². The summed E-state index contributed by atoms with van der Waals surface area (Å²) < 4.78 is 5.34. The van der Waals surface area contributed by atoms with Crippen LogP contribution in [-0.2, 0) is 11.2 Å². The number of H-pyrrole nitrogens is 1. The quantitative estimate of drug-likeness (QED) is 0.857. The van der Waals surface area contributed by atoms with Crippen molar-refractivity contribution in [1.82, 2.24) is 15.3 Å². The Morgan fingerprint density at radius 1 is 1.43 bits per heavy atom. The molecule has 1 aromatic heterocycles. The van der Waals surface area contributed by atoms with Gasteiger partial charge in [-0.3, -0.25) is 4.79 Å². The first kappa shape index (κ1) is 15.7. The zero-order valence-electron chi connectivity index (χ0n) is 11.5. The number of aromatic amines is 1. The lowest BCUT2D eigenvalue weighted by Gasteiger charge is -2.08. The Bertz CT molecular complexity index is 628. The summed E-state index contributed by atoms with van der Waals surface area (Å²) in [5, 5.41) is 3.66. The molecule has 0 radical (unpaired) electrons. The molecule has 0 aliphatic carbocycles. The van der Waals surface area contributed by atoms with Gasteiger partial charge >= 0.3 is 0 Å². The SMILES string of the molecule is Cc1ncc(CCNC(=O)COc2ccc(Cl)cc2Cl)[nH]1. The summed E-state index contributed by atoms with van der Waals surface area (Å²) in [7, 11) is 0. The van der Waals surface area contributed by atoms with Crippen LogP contribution in [0.5, 0.6) is 5.75 Å². The number of hydrogen-bond donors (Lipinski definition) is 2. The maximum Gasteiger partial charge on any atom is 0.257 e. The van der Waals surface area contributed by atoms with E-state index < -0.39 is 0 Å². The molecule has 0 spiro atoms. The molecule has 21 heavy (non-hydrogen) atoms. The summed E-state index contributed by atoms with van der Waals surface area (Å²) in [5.41, 5.74) is 0.981. The van der Waals surface area contributed by atoms with E-state index in [9.17, 15) is 4.79 Å². The van der Waals surface area contributed by atoms with E-state index in [1.807, 2.05) is 6.92 Å². The number of aromatic nitrogens is 2. The number of halogens is 2. The summed E-state index contributed by atoms with van der Waals surface area (Å²) in [6, 6.07) is 4.85. The fraction of sp³-hybridized carbons (Fsp3) is 0.286. The van der Waals surface area contributed by atoms with Gasteiger partial charge in [-0.25, -0.2) is 4.98 Å². The maximum absolute atomic E-state index is 11.7. The van der Waals surface area contributed by atoms with E-state index >= 15 is 0 Å². The van der Waals surface area contributed by atoms with Crippen LogP contribution in [-0.4, -0.2) is 29.0 Å². The molecule has 0 aliphatic heterocycles. The van der Waals surface area contributed by atoms with Crippen LogP contribution in [0.15, 0.2) is 24.4 Å². The standard InChI is InChI=1S/C14H15Cl2N3O2/c1-9-18-7-11(19-9)4-5-17-14(20)8-21-13-3-2-10(15)6-12(13)16/h2-3,6-7H,4-5,8H2,1H3,(H,17,20)(H,18,19). The summed E-state index contributed by atoms with van der Waals surface area (Å²) >= 11 is 11.7. The van der Waals surface area contributed by atoms with Crippen molar-refractivity contribution in [2.24, 2.45) is 0 Å². The van der Waals surface area contributed by atoms with Gasteiger partial charge in [0.25, 0.3) is 5.91 Å². The summed E-state index contributed by atoms with van der Waals surface area (Å²) in [5.74, 6) is 1.08. The molecule has 7 heteroatoms. The third-order valence-electron chi connectivity index (χ3n) is 2.72. The van der Waals surface area contributed by atoms with Gasteiger partial charge in [0, 0.05) is 29.9 Å². The number of amides is 1. The molecule has 0 fully saturated rings. The summed E-state index contributed by atoms with van der Waals surface area (Å²) in [6.45, 7) is 2.30. The Labute approximate surface area is 132 Å². The van der Waals surface area contributed by atoms with Crippen LogP contribution in [0.25, 0.3) is 0 Å². The smallest absolute Gasteiger partial charge is 0.257 e. The summed E-state index contributed by atoms with van der Waals surface area (Å²) in [4.78, 5) is 18.8. The predicted molar refractivity (Wildman–Crippen MR) is 82.0 cm³/mol. The van der Waals surface area contributed by atoms with E-state index in [-0.39, 0.29) is 12.5 Å². The van der Waals surface area contributed by atoms with Gasteiger partial charge < -0.3 is 15.0 Å². The molecule has 0 aliphatic rings. The van der Waals surface area contributed by atoms with E-state index in [1.165, 1.54) is 0 Å². The number of carbonyl (C=O) groups is 1. The molecule has 2 N–H and O–H groups in total. The molecule has 2 rings (SSSR count). The van der Waals surface area contributed by atoms with Crippen molar-refractivity contribution in [3.63, 3.8) is 0 Å². The minimum atomic E-state index is -0.211. The first-order valence-corrected chi connectivity index (χ1v) is 7.15. The van der Waals surface area contributed by atoms with E-state index in [1.54, 1.807) is 24.4 Å². The average molecular weight is 328 g/mol. The van der Waals surface area contributed by atoms with Crippen LogP contribution in [0.2, 0.25) is 10.0 Å². The largest absolute Gasteiger partial charge is 0.482 e. The first-order chi connectivity index (χ1) is 10.0. The van der Waals surface area contributed by atoms with Gasteiger partial charge in [0.15, 0.2) is 6.61 Å². The first-order valence-electron chi connectivity index (χ1n) is 6.39. The Morgan fingerprint density at radius 2 is 2.24 bits per heavy atom. The molecule has 0 unspecified atom stereocenters. The Kier molecular flexibility index (Phi) is 5.47. The van der Waals surface area contributed by atoms with Crippen LogP contribution in [0, 0.1) is 6.92 Å². The fourth-order valence-corrected chi connectivity index (χ4v) is 2.18. The maximum atomic E-state index is 11.7. The number of carbonyl (C=O) groups excluding carboxylic acids is 1. The Balaban J connectivity index is 1.72. The lowest BCUT2D eigenvalue weighted by atomic mass is 10.3. The molecule has 0 bridgehead atoms. The highest BCUT2D eigenvalue weighted by Crippen LogP contribution is 2.27. The van der Waals surface area contributed by atoms with Gasteiger partial charge in [-0.15, -0.1) is 0 Å². The van der Waals surface area contributed by atoms with Crippen LogP contribution in [0.3, 0.4) is 0 Å². The highest BCUT2D eigenvalue weighted by atomic mass is 35.5. The average Bonchev–Trinajstić information content (AvgIpc) is 2.83. The van der Waals surface area contributed by atoms with Crippen molar-refractivity contribution in [1.29, 1.82) is 0 Å². The Morgan fingerprint density at radius 3 is 2.90 bits per heavy atom. The molecule has 1 heterocycles. The Hall–Kier alpha value is -1.72. The van der Waals surface area contributed by atoms with Gasteiger partial charge in [0.2, 0.25) is 0 Å². The van der Waals surface area contributed by atoms with Crippen LogP contribution >= 0.6 is 23.2 Å². The fourth-order valence-electron chi connectivity index (χ4n) is 1.72. The number of rotatable bonds is 6. The number of hydrogen-bond acceptors (Lipinski definition) is 3. The van der Waals surface area contributed by atoms with Crippen LogP contribution < -0.4 is 10.1 Å². The van der Waals surface area contributed by atoms with Gasteiger partial charge in [-0.05, 0) is 25.1 Å². The number of benzene rings is 1. The molecule has 1 aromatic carbocycles. The molecule has 112 valence electrons. The van der Waals surface area contributed by atoms with Crippen molar-refractivity contribution in [3.8, 4) is 5.75 Å². The highest BCUT2D eigenvalue weighted by Gasteiger charge is 2.06. The normalized spacial score (nSPS) is 10.4. The molecular formula is C14H15Cl2N3O2. The minimum absolute atomic E-state index is 0.0939. The topological polar surface area (TPSA) is 67.0 Å². The van der Waals surface area contributed by atoms with E-state index in [4.69, 9.17) is 27.9 Å². The molecular weight excluding hydrogens is 313 g/mol. The minimum Gasteiger partial charge on any atom is -0.482 e. The zero-order valence-corrected chi connectivity index (χ0v) is 13.0. The van der Waals surface area contributed by atoms with E-state index in [0.29, 0.717) is 28.8 Å². The van der Waals surface area contributed by atoms with Gasteiger partial charge in [0.05, 0.1) is 5.02 Å². The number of ether oxygens (including phenoxy) is 1.